The number of nitrogens with one attached hydrogen (secondary N) is 1. The molecule has 4 nitrogen and oxygen atoms in total. The third kappa shape index (κ3) is 1.49. The van der Waals surface area contributed by atoms with E-state index in [0.29, 0.717) is 17.9 Å². The molecule has 4 heteroatoms. The Morgan fingerprint density at radius 3 is 3.00 bits per heavy atom. The average Bonchev–Trinajstić information content (AvgIpc) is 3.12. The van der Waals surface area contributed by atoms with Crippen molar-refractivity contribution < 1.29 is 9.48 Å². The minimum absolute atomic E-state index is 0.206. The van der Waals surface area contributed by atoms with E-state index in [1.54, 1.807) is 6.20 Å². The SMILES string of the molecule is CC(c1ccccn1)=[N+]1NC(=O)C2C3CCC(C3)C21. The molecule has 1 aromatic rings. The number of hydrogen-bond donors (Lipinski definition) is 1. The first-order valence-electron chi connectivity index (χ1n) is 7.10. The first kappa shape index (κ1) is 11.1. The number of fused-ring (bicyclic) bond motifs is 5. The smallest absolute Gasteiger partial charge is 0.269 e. The van der Waals surface area contributed by atoms with E-state index < -0.39 is 0 Å². The normalized spacial score (nSPS) is 38.3. The number of aromatic nitrogens is 1. The second kappa shape index (κ2) is 3.89. The van der Waals surface area contributed by atoms with Crippen LogP contribution in [-0.4, -0.2) is 27.3 Å². The minimum Gasteiger partial charge on any atom is -0.269 e. The Hall–Kier alpha value is -1.71. The summed E-state index contributed by atoms with van der Waals surface area (Å²) in [7, 11) is 0. The summed E-state index contributed by atoms with van der Waals surface area (Å²) in [5, 5.41) is 0. The van der Waals surface area contributed by atoms with Gasteiger partial charge in [-0.25, -0.2) is 0 Å². The Morgan fingerprint density at radius 2 is 2.21 bits per heavy atom. The lowest BCUT2D eigenvalue weighted by molar-refractivity contribution is -0.603. The summed E-state index contributed by atoms with van der Waals surface area (Å²) in [6.45, 7) is 2.05. The molecule has 0 radical (unpaired) electrons. The zero-order valence-electron chi connectivity index (χ0n) is 11.0. The molecule has 2 bridgehead atoms. The Kier molecular flexibility index (Phi) is 2.28. The van der Waals surface area contributed by atoms with Gasteiger partial charge in [-0.15, -0.1) is 10.1 Å². The maximum atomic E-state index is 12.2. The molecule has 0 aromatic carbocycles. The molecule has 1 aliphatic heterocycles. The van der Waals surface area contributed by atoms with Crippen LogP contribution in [0, 0.1) is 17.8 Å². The molecule has 2 aliphatic carbocycles. The summed E-state index contributed by atoms with van der Waals surface area (Å²) >= 11 is 0. The molecule has 4 rings (SSSR count). The van der Waals surface area contributed by atoms with Crippen molar-refractivity contribution in [1.29, 1.82) is 0 Å². The zero-order valence-corrected chi connectivity index (χ0v) is 11.0. The largest absolute Gasteiger partial charge is 0.284 e. The number of nitrogens with zero attached hydrogens (tertiary/aromatic N) is 2. The third-order valence-electron chi connectivity index (χ3n) is 5.10. The molecule has 4 atom stereocenters. The number of hydrogen-bond acceptors (Lipinski definition) is 2. The monoisotopic (exact) mass is 256 g/mol. The Bertz CT molecular complexity index is 566. The zero-order chi connectivity index (χ0) is 13.0. The molecule has 4 unspecified atom stereocenters. The molecule has 1 N–H and O–H groups in total. The highest BCUT2D eigenvalue weighted by atomic mass is 16.2. The molecule has 3 aliphatic rings. The molecular formula is C15H18N3O+. The maximum absolute atomic E-state index is 12.2. The fourth-order valence-corrected chi connectivity index (χ4v) is 4.28. The van der Waals surface area contributed by atoms with Crippen molar-refractivity contribution in [3.8, 4) is 0 Å². The summed E-state index contributed by atoms with van der Waals surface area (Å²) in [6.07, 6.45) is 5.53. The number of rotatable bonds is 1. The molecular weight excluding hydrogens is 238 g/mol. The third-order valence-corrected chi connectivity index (χ3v) is 5.10. The van der Waals surface area contributed by atoms with Crippen molar-refractivity contribution in [1.82, 2.24) is 10.4 Å². The van der Waals surface area contributed by atoms with Gasteiger partial charge in [0.25, 0.3) is 5.91 Å². The molecule has 98 valence electrons. The number of hydrazone groups is 1. The number of pyridine rings is 1. The quantitative estimate of drug-likeness (QED) is 0.771. The van der Waals surface area contributed by atoms with Gasteiger partial charge in [-0.2, -0.15) is 0 Å². The maximum Gasteiger partial charge on any atom is 0.284 e. The summed E-state index contributed by atoms with van der Waals surface area (Å²) in [5.41, 5.74) is 5.09. The van der Waals surface area contributed by atoms with E-state index in [-0.39, 0.29) is 11.8 Å². The molecule has 2 heterocycles. The van der Waals surface area contributed by atoms with Crippen LogP contribution in [0.2, 0.25) is 0 Å². The van der Waals surface area contributed by atoms with E-state index in [0.717, 1.165) is 11.4 Å². The summed E-state index contributed by atoms with van der Waals surface area (Å²) in [4.78, 5) is 16.6. The van der Waals surface area contributed by atoms with Gasteiger partial charge in [-0.1, -0.05) is 6.07 Å². The van der Waals surface area contributed by atoms with Crippen molar-refractivity contribution in [2.45, 2.75) is 32.2 Å². The van der Waals surface area contributed by atoms with Crippen molar-refractivity contribution in [3.05, 3.63) is 30.1 Å². The summed E-state index contributed by atoms with van der Waals surface area (Å²) in [5.74, 6) is 1.70. The molecule has 2 saturated carbocycles. The highest BCUT2D eigenvalue weighted by Gasteiger charge is 2.62. The highest BCUT2D eigenvalue weighted by molar-refractivity contribution is 5.94. The van der Waals surface area contributed by atoms with Crippen molar-refractivity contribution >= 4 is 11.6 Å². The van der Waals surface area contributed by atoms with Crippen LogP contribution in [0.4, 0.5) is 0 Å². The van der Waals surface area contributed by atoms with Crippen LogP contribution in [0.5, 0.6) is 0 Å². The predicted octanol–water partition coefficient (Wildman–Crippen LogP) is 1.36. The average molecular weight is 256 g/mol. The number of amides is 1. The minimum atomic E-state index is 0.206. The molecule has 1 saturated heterocycles. The van der Waals surface area contributed by atoms with E-state index in [1.807, 2.05) is 18.2 Å². The lowest BCUT2D eigenvalue weighted by Crippen LogP contribution is -2.37. The molecule has 3 fully saturated rings. The molecule has 19 heavy (non-hydrogen) atoms. The van der Waals surface area contributed by atoms with Crippen molar-refractivity contribution in [2.24, 2.45) is 17.8 Å². The lowest BCUT2D eigenvalue weighted by atomic mass is 9.85. The first-order chi connectivity index (χ1) is 9.25. The van der Waals surface area contributed by atoms with Gasteiger partial charge in [0.15, 0.2) is 6.04 Å². The van der Waals surface area contributed by atoms with Gasteiger partial charge < -0.3 is 0 Å². The van der Waals surface area contributed by atoms with E-state index in [2.05, 4.69) is 22.0 Å². The molecule has 1 aromatic heterocycles. The summed E-state index contributed by atoms with van der Waals surface area (Å²) < 4.78 is 2.10. The van der Waals surface area contributed by atoms with Crippen LogP contribution >= 0.6 is 0 Å². The predicted molar refractivity (Wildman–Crippen MR) is 70.5 cm³/mol. The fourth-order valence-electron chi connectivity index (χ4n) is 4.28. The van der Waals surface area contributed by atoms with Crippen molar-refractivity contribution in [3.63, 3.8) is 0 Å². The van der Waals surface area contributed by atoms with Gasteiger partial charge in [0.2, 0.25) is 5.71 Å². The van der Waals surface area contributed by atoms with Crippen LogP contribution in [0.25, 0.3) is 0 Å². The fraction of sp³-hybridized carbons (Fsp3) is 0.533. The number of hydrazine groups is 1. The molecule has 0 spiro atoms. The highest BCUT2D eigenvalue weighted by Crippen LogP contribution is 2.51. The second-order valence-corrected chi connectivity index (χ2v) is 6.00. The number of carbonyl (C=O) groups is 1. The van der Waals surface area contributed by atoms with E-state index in [4.69, 9.17) is 0 Å². The Morgan fingerprint density at radius 1 is 1.37 bits per heavy atom. The van der Waals surface area contributed by atoms with Crippen molar-refractivity contribution in [2.75, 3.05) is 0 Å². The van der Waals surface area contributed by atoms with Crippen LogP contribution < -0.4 is 5.43 Å². The summed E-state index contributed by atoms with van der Waals surface area (Å²) in [6, 6.07) is 6.26. The van der Waals surface area contributed by atoms with Crippen LogP contribution in [-0.2, 0) is 4.79 Å². The van der Waals surface area contributed by atoms with Crippen LogP contribution in [0.3, 0.4) is 0 Å². The van der Waals surface area contributed by atoms with E-state index in [1.165, 1.54) is 19.3 Å². The van der Waals surface area contributed by atoms with Crippen LogP contribution in [0.15, 0.2) is 24.4 Å². The standard InChI is InChI=1S/C15H17N3O/c1-9(12-4-2-3-7-16-12)18-14-11-6-5-10(8-11)13(14)15(19)17-18/h2-4,7,10-11,13-14H,5-6,8H2,1H3/p+1. The topological polar surface area (TPSA) is 45.0 Å². The Labute approximate surface area is 112 Å². The lowest BCUT2D eigenvalue weighted by Gasteiger charge is -2.17. The molecule has 1 amide bonds. The van der Waals surface area contributed by atoms with Gasteiger partial charge in [0.05, 0.1) is 0 Å². The van der Waals surface area contributed by atoms with Gasteiger partial charge in [-0.05, 0) is 37.3 Å². The number of carbonyl (C=O) groups excluding carboxylic acids is 1. The van der Waals surface area contributed by atoms with E-state index >= 15 is 0 Å². The van der Waals surface area contributed by atoms with Gasteiger partial charge in [0, 0.05) is 19.0 Å². The first-order valence-corrected chi connectivity index (χ1v) is 7.10. The van der Waals surface area contributed by atoms with Crippen LogP contribution in [0.1, 0.15) is 31.9 Å². The van der Waals surface area contributed by atoms with Gasteiger partial charge >= 0.3 is 0 Å². The van der Waals surface area contributed by atoms with Gasteiger partial charge in [0.1, 0.15) is 11.6 Å². The van der Waals surface area contributed by atoms with E-state index in [9.17, 15) is 4.79 Å². The van der Waals surface area contributed by atoms with Gasteiger partial charge in [-0.3, -0.25) is 9.78 Å². The Balaban J connectivity index is 1.78. The second-order valence-electron chi connectivity index (χ2n) is 6.00.